The Hall–Kier alpha value is -0.750. The SMILES string of the molecule is NNC(c1cc2c(s1)CCC2)c1cccc(Br)c1F. The summed E-state index contributed by atoms with van der Waals surface area (Å²) in [5, 5.41) is 0. The van der Waals surface area contributed by atoms with E-state index in [0.29, 0.717) is 10.0 Å². The number of nitrogens with one attached hydrogen (secondary N) is 1. The number of fused-ring (bicyclic) bond motifs is 1. The van der Waals surface area contributed by atoms with Gasteiger partial charge in [-0.2, -0.15) is 0 Å². The Morgan fingerprint density at radius 3 is 2.95 bits per heavy atom. The highest BCUT2D eigenvalue weighted by atomic mass is 79.9. The molecule has 1 aliphatic rings. The molecule has 0 radical (unpaired) electrons. The number of hydrogen-bond donors (Lipinski definition) is 2. The summed E-state index contributed by atoms with van der Waals surface area (Å²) in [4.78, 5) is 2.51. The molecule has 1 heterocycles. The van der Waals surface area contributed by atoms with Crippen molar-refractivity contribution in [1.82, 2.24) is 5.43 Å². The third-order valence-corrected chi connectivity index (χ3v) is 5.42. The molecule has 19 heavy (non-hydrogen) atoms. The lowest BCUT2D eigenvalue weighted by Gasteiger charge is -2.16. The van der Waals surface area contributed by atoms with Crippen molar-refractivity contribution in [2.75, 3.05) is 0 Å². The average Bonchev–Trinajstić information content (AvgIpc) is 2.96. The molecule has 0 fully saturated rings. The number of benzene rings is 1. The van der Waals surface area contributed by atoms with Gasteiger partial charge in [0.05, 0.1) is 10.5 Å². The van der Waals surface area contributed by atoms with Crippen molar-refractivity contribution in [2.45, 2.75) is 25.3 Å². The first-order valence-corrected chi connectivity index (χ1v) is 7.83. The second-order valence-electron chi connectivity index (χ2n) is 4.69. The maximum atomic E-state index is 14.2. The molecule has 2 aromatic rings. The number of aryl methyl sites for hydroxylation is 2. The third-order valence-electron chi connectivity index (χ3n) is 3.51. The molecule has 0 spiro atoms. The highest BCUT2D eigenvalue weighted by molar-refractivity contribution is 9.10. The topological polar surface area (TPSA) is 38.0 Å². The van der Waals surface area contributed by atoms with E-state index in [0.717, 1.165) is 17.7 Å². The Labute approximate surface area is 123 Å². The molecule has 1 aliphatic carbocycles. The molecule has 1 unspecified atom stereocenters. The van der Waals surface area contributed by atoms with Crippen LogP contribution in [0.25, 0.3) is 0 Å². The second kappa shape index (κ2) is 5.32. The summed E-state index contributed by atoms with van der Waals surface area (Å²) in [6, 6.07) is 7.18. The smallest absolute Gasteiger partial charge is 0.142 e. The van der Waals surface area contributed by atoms with Crippen LogP contribution in [0.2, 0.25) is 0 Å². The van der Waals surface area contributed by atoms with Crippen LogP contribution in [0.15, 0.2) is 28.7 Å². The van der Waals surface area contributed by atoms with Crippen molar-refractivity contribution in [1.29, 1.82) is 0 Å². The highest BCUT2D eigenvalue weighted by Gasteiger charge is 2.23. The van der Waals surface area contributed by atoms with Gasteiger partial charge in [-0.05, 0) is 52.9 Å². The van der Waals surface area contributed by atoms with E-state index >= 15 is 0 Å². The first kappa shape index (κ1) is 13.2. The van der Waals surface area contributed by atoms with E-state index in [1.807, 2.05) is 6.07 Å². The molecule has 3 N–H and O–H groups in total. The van der Waals surface area contributed by atoms with Gasteiger partial charge in [0, 0.05) is 15.3 Å². The molecule has 3 rings (SSSR count). The molecule has 0 bridgehead atoms. The number of hydrogen-bond acceptors (Lipinski definition) is 3. The minimum absolute atomic E-state index is 0.251. The van der Waals surface area contributed by atoms with Crippen molar-refractivity contribution < 1.29 is 4.39 Å². The maximum Gasteiger partial charge on any atom is 0.142 e. The largest absolute Gasteiger partial charge is 0.271 e. The monoisotopic (exact) mass is 340 g/mol. The first-order valence-electron chi connectivity index (χ1n) is 6.22. The molecule has 2 nitrogen and oxygen atoms in total. The van der Waals surface area contributed by atoms with Gasteiger partial charge in [-0.3, -0.25) is 5.84 Å². The van der Waals surface area contributed by atoms with Gasteiger partial charge >= 0.3 is 0 Å². The maximum absolute atomic E-state index is 14.2. The predicted molar refractivity (Wildman–Crippen MR) is 79.6 cm³/mol. The van der Waals surface area contributed by atoms with Crippen LogP contribution >= 0.6 is 27.3 Å². The van der Waals surface area contributed by atoms with Crippen molar-refractivity contribution in [2.24, 2.45) is 5.84 Å². The number of hydrazine groups is 1. The molecule has 0 aliphatic heterocycles. The molecule has 1 atom stereocenters. The van der Waals surface area contributed by atoms with E-state index in [1.165, 1.54) is 16.9 Å². The summed E-state index contributed by atoms with van der Waals surface area (Å²) in [5.41, 5.74) is 4.72. The first-order chi connectivity index (χ1) is 9.20. The van der Waals surface area contributed by atoms with Crippen LogP contribution in [0, 0.1) is 5.82 Å². The van der Waals surface area contributed by atoms with E-state index < -0.39 is 0 Å². The molecule has 1 aromatic carbocycles. The Morgan fingerprint density at radius 1 is 1.37 bits per heavy atom. The fourth-order valence-corrected chi connectivity index (χ4v) is 4.28. The third kappa shape index (κ3) is 2.36. The average molecular weight is 341 g/mol. The van der Waals surface area contributed by atoms with Crippen LogP contribution in [0.4, 0.5) is 4.39 Å². The van der Waals surface area contributed by atoms with E-state index in [4.69, 9.17) is 5.84 Å². The molecule has 0 amide bonds. The van der Waals surface area contributed by atoms with Gasteiger partial charge in [0.15, 0.2) is 0 Å². The van der Waals surface area contributed by atoms with Gasteiger partial charge in [0.25, 0.3) is 0 Å². The molecule has 0 saturated heterocycles. The summed E-state index contributed by atoms with van der Waals surface area (Å²) in [6.07, 6.45) is 3.50. The normalized spacial score (nSPS) is 15.5. The van der Waals surface area contributed by atoms with Crippen molar-refractivity contribution in [3.63, 3.8) is 0 Å². The Balaban J connectivity index is 2.02. The Bertz CT molecular complexity index is 590. The summed E-state index contributed by atoms with van der Waals surface area (Å²) >= 11 is 4.96. The zero-order chi connectivity index (χ0) is 13.4. The lowest BCUT2D eigenvalue weighted by Crippen LogP contribution is -2.29. The van der Waals surface area contributed by atoms with Crippen LogP contribution in [0.5, 0.6) is 0 Å². The molecular weight excluding hydrogens is 327 g/mol. The molecule has 1 aromatic heterocycles. The quantitative estimate of drug-likeness (QED) is 0.660. The highest BCUT2D eigenvalue weighted by Crippen LogP contribution is 2.37. The Kier molecular flexibility index (Phi) is 3.71. The lowest BCUT2D eigenvalue weighted by molar-refractivity contribution is 0.559. The molecule has 0 saturated carbocycles. The molecule has 100 valence electrons. The van der Waals surface area contributed by atoms with Crippen LogP contribution in [-0.4, -0.2) is 0 Å². The summed E-state index contributed by atoms with van der Waals surface area (Å²) in [5.74, 6) is 5.40. The predicted octanol–water partition coefficient (Wildman–Crippen LogP) is 3.69. The van der Waals surface area contributed by atoms with E-state index in [2.05, 4.69) is 27.4 Å². The summed E-state index contributed by atoms with van der Waals surface area (Å²) in [7, 11) is 0. The van der Waals surface area contributed by atoms with Crippen LogP contribution in [-0.2, 0) is 12.8 Å². The van der Waals surface area contributed by atoms with E-state index in [9.17, 15) is 4.39 Å². The van der Waals surface area contributed by atoms with E-state index in [1.54, 1.807) is 23.5 Å². The van der Waals surface area contributed by atoms with Crippen molar-refractivity contribution in [3.8, 4) is 0 Å². The number of thiophene rings is 1. The minimum atomic E-state index is -0.284. The standard InChI is InChI=1S/C14H14BrFN2S/c15-10-5-2-4-9(13(10)16)14(18-17)12-7-8-3-1-6-11(8)19-12/h2,4-5,7,14,18H,1,3,6,17H2. The number of halogens is 2. The molecular formula is C14H14BrFN2S. The van der Waals surface area contributed by atoms with Gasteiger partial charge < -0.3 is 0 Å². The van der Waals surface area contributed by atoms with Crippen LogP contribution in [0.3, 0.4) is 0 Å². The van der Waals surface area contributed by atoms with Crippen molar-refractivity contribution in [3.05, 3.63) is 55.4 Å². The second-order valence-corrected chi connectivity index (χ2v) is 6.72. The minimum Gasteiger partial charge on any atom is -0.271 e. The lowest BCUT2D eigenvalue weighted by atomic mass is 10.0. The zero-order valence-corrected chi connectivity index (χ0v) is 12.7. The summed E-state index contributed by atoms with van der Waals surface area (Å²) < 4.78 is 14.7. The molecule has 5 heteroatoms. The summed E-state index contributed by atoms with van der Waals surface area (Å²) in [6.45, 7) is 0. The van der Waals surface area contributed by atoms with E-state index in [-0.39, 0.29) is 11.9 Å². The number of nitrogens with two attached hydrogens (primary N) is 1. The Morgan fingerprint density at radius 2 is 2.21 bits per heavy atom. The fraction of sp³-hybridized carbons (Fsp3) is 0.286. The van der Waals surface area contributed by atoms with Gasteiger partial charge in [0.2, 0.25) is 0 Å². The zero-order valence-electron chi connectivity index (χ0n) is 10.2. The van der Waals surface area contributed by atoms with Crippen molar-refractivity contribution >= 4 is 27.3 Å². The van der Waals surface area contributed by atoms with Gasteiger partial charge in [-0.15, -0.1) is 11.3 Å². The van der Waals surface area contributed by atoms with Gasteiger partial charge in [-0.25, -0.2) is 9.82 Å². The van der Waals surface area contributed by atoms with Crippen LogP contribution < -0.4 is 11.3 Å². The van der Waals surface area contributed by atoms with Crippen LogP contribution in [0.1, 0.15) is 33.3 Å². The fourth-order valence-electron chi connectivity index (χ4n) is 2.56. The van der Waals surface area contributed by atoms with Gasteiger partial charge in [-0.1, -0.05) is 12.1 Å². The number of rotatable bonds is 3. The van der Waals surface area contributed by atoms with Gasteiger partial charge in [0.1, 0.15) is 5.82 Å².